The van der Waals surface area contributed by atoms with Crippen LogP contribution in [0.25, 0.3) is 11.3 Å². The molecule has 3 nitrogen and oxygen atoms in total. The molecule has 2 N–H and O–H groups in total. The van der Waals surface area contributed by atoms with E-state index >= 15 is 0 Å². The van der Waals surface area contributed by atoms with Gasteiger partial charge in [0, 0.05) is 5.56 Å². The average molecular weight is 217 g/mol. The standard InChI is InChI=1S/C12H12FN3/c1-2-8-3-4-9(10(13)5-8)11-6-16-12(14)7-15-11/h3-7H,2H2,1H3,(H2,14,16). The molecule has 0 spiro atoms. The van der Waals surface area contributed by atoms with Crippen LogP contribution in [0.3, 0.4) is 0 Å². The maximum absolute atomic E-state index is 13.7. The Labute approximate surface area is 93.2 Å². The first-order valence-corrected chi connectivity index (χ1v) is 5.07. The van der Waals surface area contributed by atoms with Gasteiger partial charge in [-0.15, -0.1) is 0 Å². The molecular weight excluding hydrogens is 205 g/mol. The fraction of sp³-hybridized carbons (Fsp3) is 0.167. The second kappa shape index (κ2) is 4.26. The minimum absolute atomic E-state index is 0.279. The highest BCUT2D eigenvalue weighted by atomic mass is 19.1. The fourth-order valence-corrected chi connectivity index (χ4v) is 1.46. The largest absolute Gasteiger partial charge is 0.382 e. The summed E-state index contributed by atoms with van der Waals surface area (Å²) in [5.41, 5.74) is 7.33. The highest BCUT2D eigenvalue weighted by molar-refractivity contribution is 5.59. The van der Waals surface area contributed by atoms with E-state index in [0.717, 1.165) is 12.0 Å². The van der Waals surface area contributed by atoms with E-state index in [1.54, 1.807) is 6.07 Å². The second-order valence-electron chi connectivity index (χ2n) is 3.49. The molecule has 0 saturated carbocycles. The minimum atomic E-state index is -0.279. The van der Waals surface area contributed by atoms with Crippen molar-refractivity contribution in [1.82, 2.24) is 9.97 Å². The van der Waals surface area contributed by atoms with Crippen molar-refractivity contribution in [3.05, 3.63) is 42.0 Å². The average Bonchev–Trinajstić information content (AvgIpc) is 2.30. The Morgan fingerprint density at radius 2 is 2.06 bits per heavy atom. The monoisotopic (exact) mass is 217 g/mol. The molecule has 1 aromatic heterocycles. The summed E-state index contributed by atoms with van der Waals surface area (Å²) in [5.74, 6) is 0.0488. The van der Waals surface area contributed by atoms with Gasteiger partial charge < -0.3 is 5.73 Å². The number of rotatable bonds is 2. The number of hydrogen-bond donors (Lipinski definition) is 1. The minimum Gasteiger partial charge on any atom is -0.382 e. The van der Waals surface area contributed by atoms with Crippen molar-refractivity contribution in [2.45, 2.75) is 13.3 Å². The van der Waals surface area contributed by atoms with Crippen LogP contribution < -0.4 is 5.73 Å². The highest BCUT2D eigenvalue weighted by Gasteiger charge is 2.07. The molecule has 0 aliphatic carbocycles. The molecule has 0 radical (unpaired) electrons. The van der Waals surface area contributed by atoms with Gasteiger partial charge in [0.2, 0.25) is 0 Å². The van der Waals surface area contributed by atoms with Gasteiger partial charge in [-0.3, -0.25) is 4.98 Å². The number of benzene rings is 1. The first-order valence-electron chi connectivity index (χ1n) is 5.07. The maximum Gasteiger partial charge on any atom is 0.141 e. The van der Waals surface area contributed by atoms with Crippen molar-refractivity contribution in [2.75, 3.05) is 5.73 Å². The molecule has 0 atom stereocenters. The zero-order valence-corrected chi connectivity index (χ0v) is 8.94. The normalized spacial score (nSPS) is 10.4. The number of anilines is 1. The zero-order valence-electron chi connectivity index (χ0n) is 8.94. The Hall–Kier alpha value is -1.97. The maximum atomic E-state index is 13.7. The molecule has 16 heavy (non-hydrogen) atoms. The summed E-state index contributed by atoms with van der Waals surface area (Å²) in [6.07, 6.45) is 3.70. The van der Waals surface area contributed by atoms with E-state index in [-0.39, 0.29) is 5.82 Å². The van der Waals surface area contributed by atoms with Gasteiger partial charge in [0.15, 0.2) is 0 Å². The number of aromatic nitrogens is 2. The predicted octanol–water partition coefficient (Wildman–Crippen LogP) is 2.43. The zero-order chi connectivity index (χ0) is 11.5. The summed E-state index contributed by atoms with van der Waals surface area (Å²) >= 11 is 0. The molecule has 82 valence electrons. The van der Waals surface area contributed by atoms with Gasteiger partial charge >= 0.3 is 0 Å². The molecule has 0 aliphatic rings. The lowest BCUT2D eigenvalue weighted by molar-refractivity contribution is 0.628. The number of nitrogens with two attached hydrogens (primary N) is 1. The molecule has 0 aliphatic heterocycles. The second-order valence-corrected chi connectivity index (χ2v) is 3.49. The van der Waals surface area contributed by atoms with E-state index in [9.17, 15) is 4.39 Å². The van der Waals surface area contributed by atoms with Crippen LogP contribution in [0.2, 0.25) is 0 Å². The van der Waals surface area contributed by atoms with Crippen LogP contribution in [0.5, 0.6) is 0 Å². The van der Waals surface area contributed by atoms with Gasteiger partial charge in [0.25, 0.3) is 0 Å². The Morgan fingerprint density at radius 3 is 2.62 bits per heavy atom. The Bertz CT molecular complexity index is 494. The van der Waals surface area contributed by atoms with Crippen LogP contribution in [-0.4, -0.2) is 9.97 Å². The first kappa shape index (κ1) is 10.5. The molecule has 0 unspecified atom stereocenters. The molecule has 2 rings (SSSR count). The first-order chi connectivity index (χ1) is 7.70. The van der Waals surface area contributed by atoms with E-state index in [4.69, 9.17) is 5.73 Å². The van der Waals surface area contributed by atoms with E-state index < -0.39 is 0 Å². The Morgan fingerprint density at radius 1 is 1.25 bits per heavy atom. The summed E-state index contributed by atoms with van der Waals surface area (Å²) in [5, 5.41) is 0. The molecule has 1 heterocycles. The molecule has 2 aromatic rings. The van der Waals surface area contributed by atoms with Gasteiger partial charge in [-0.1, -0.05) is 13.0 Å². The Balaban J connectivity index is 2.44. The van der Waals surface area contributed by atoms with Gasteiger partial charge in [-0.2, -0.15) is 0 Å². The SMILES string of the molecule is CCc1ccc(-c2cnc(N)cn2)c(F)c1. The van der Waals surface area contributed by atoms with Gasteiger partial charge in [0.05, 0.1) is 18.1 Å². The van der Waals surface area contributed by atoms with E-state index in [1.807, 2.05) is 13.0 Å². The van der Waals surface area contributed by atoms with E-state index in [2.05, 4.69) is 9.97 Å². The fourth-order valence-electron chi connectivity index (χ4n) is 1.46. The number of hydrogen-bond acceptors (Lipinski definition) is 3. The lowest BCUT2D eigenvalue weighted by Gasteiger charge is -2.04. The van der Waals surface area contributed by atoms with E-state index in [1.165, 1.54) is 18.5 Å². The third-order valence-electron chi connectivity index (χ3n) is 2.39. The van der Waals surface area contributed by atoms with Crippen molar-refractivity contribution in [2.24, 2.45) is 0 Å². The van der Waals surface area contributed by atoms with Crippen molar-refractivity contribution in [3.63, 3.8) is 0 Å². The topological polar surface area (TPSA) is 51.8 Å². The quantitative estimate of drug-likeness (QED) is 0.840. The van der Waals surface area contributed by atoms with Gasteiger partial charge in [0.1, 0.15) is 11.6 Å². The van der Waals surface area contributed by atoms with Gasteiger partial charge in [-0.25, -0.2) is 9.37 Å². The summed E-state index contributed by atoms with van der Waals surface area (Å²) < 4.78 is 13.7. The smallest absolute Gasteiger partial charge is 0.141 e. The molecule has 4 heteroatoms. The van der Waals surface area contributed by atoms with Crippen LogP contribution in [0.15, 0.2) is 30.6 Å². The van der Waals surface area contributed by atoms with Crippen molar-refractivity contribution >= 4 is 5.82 Å². The molecule has 0 bridgehead atoms. The molecule has 1 aromatic carbocycles. The number of nitrogens with zero attached hydrogens (tertiary/aromatic N) is 2. The predicted molar refractivity (Wildman–Crippen MR) is 61.2 cm³/mol. The third-order valence-corrected chi connectivity index (χ3v) is 2.39. The van der Waals surface area contributed by atoms with Crippen LogP contribution in [0, 0.1) is 5.82 Å². The van der Waals surface area contributed by atoms with Gasteiger partial charge in [-0.05, 0) is 24.1 Å². The third kappa shape index (κ3) is 2.00. The molecule has 0 fully saturated rings. The summed E-state index contributed by atoms with van der Waals surface area (Å²) in [4.78, 5) is 7.93. The van der Waals surface area contributed by atoms with E-state index in [0.29, 0.717) is 17.1 Å². The summed E-state index contributed by atoms with van der Waals surface area (Å²) in [6, 6.07) is 5.12. The van der Waals surface area contributed by atoms with Crippen molar-refractivity contribution < 1.29 is 4.39 Å². The Kier molecular flexibility index (Phi) is 2.81. The number of halogens is 1. The van der Waals surface area contributed by atoms with Crippen LogP contribution in [-0.2, 0) is 6.42 Å². The van der Waals surface area contributed by atoms with Crippen LogP contribution >= 0.6 is 0 Å². The lowest BCUT2D eigenvalue weighted by Crippen LogP contribution is -1.94. The van der Waals surface area contributed by atoms with Crippen LogP contribution in [0.4, 0.5) is 10.2 Å². The summed E-state index contributed by atoms with van der Waals surface area (Å²) in [6.45, 7) is 1.98. The lowest BCUT2D eigenvalue weighted by atomic mass is 10.1. The number of nitrogen functional groups attached to an aromatic ring is 1. The highest BCUT2D eigenvalue weighted by Crippen LogP contribution is 2.21. The van der Waals surface area contributed by atoms with Crippen molar-refractivity contribution in [3.8, 4) is 11.3 Å². The summed E-state index contributed by atoms with van der Waals surface area (Å²) in [7, 11) is 0. The van der Waals surface area contributed by atoms with Crippen molar-refractivity contribution in [1.29, 1.82) is 0 Å². The molecule has 0 saturated heterocycles. The molecule has 0 amide bonds. The van der Waals surface area contributed by atoms with Crippen LogP contribution in [0.1, 0.15) is 12.5 Å². The number of aryl methyl sites for hydroxylation is 1. The molecular formula is C12H12FN3.